The van der Waals surface area contributed by atoms with E-state index in [0.717, 1.165) is 5.75 Å². The third kappa shape index (κ3) is 3.43. The summed E-state index contributed by atoms with van der Waals surface area (Å²) in [5.41, 5.74) is 0.587. The molecule has 0 spiro atoms. The van der Waals surface area contributed by atoms with Gasteiger partial charge in [-0.2, -0.15) is 0 Å². The van der Waals surface area contributed by atoms with Crippen LogP contribution >= 0.6 is 0 Å². The molecular weight excluding hydrogens is 190 g/mol. The summed E-state index contributed by atoms with van der Waals surface area (Å²) in [5.74, 6) is 0.747. The van der Waals surface area contributed by atoms with Gasteiger partial charge in [-0.25, -0.2) is 4.21 Å². The van der Waals surface area contributed by atoms with Gasteiger partial charge in [0.2, 0.25) is 0 Å². The summed E-state index contributed by atoms with van der Waals surface area (Å²) in [5, 5.41) is 0. The van der Waals surface area contributed by atoms with Crippen molar-refractivity contribution >= 4 is 17.0 Å². The zero-order chi connectivity index (χ0) is 9.68. The van der Waals surface area contributed by atoms with Crippen LogP contribution in [0.2, 0.25) is 0 Å². The highest BCUT2D eigenvalue weighted by atomic mass is 32.2. The number of hydrogen-bond donors (Lipinski definition) is 2. The topological polar surface area (TPSA) is 58.6 Å². The molecule has 1 aromatic rings. The largest absolute Gasteiger partial charge is 0.494 e. The van der Waals surface area contributed by atoms with Gasteiger partial charge in [0.05, 0.1) is 6.61 Å². The zero-order valence-corrected chi connectivity index (χ0v) is 8.00. The van der Waals surface area contributed by atoms with E-state index in [-0.39, 0.29) is 0 Å². The second-order valence-corrected chi connectivity index (χ2v) is 3.01. The molecule has 0 fully saturated rings. The first-order valence-corrected chi connectivity index (χ1v) is 4.93. The van der Waals surface area contributed by atoms with E-state index < -0.39 is 11.3 Å². The average Bonchev–Trinajstić information content (AvgIpc) is 2.08. The Bertz CT molecular complexity index is 286. The predicted octanol–water partition coefficient (Wildman–Crippen LogP) is 1.63. The van der Waals surface area contributed by atoms with Gasteiger partial charge < -0.3 is 4.74 Å². The van der Waals surface area contributed by atoms with Gasteiger partial charge in [0, 0.05) is 5.69 Å². The van der Waals surface area contributed by atoms with Gasteiger partial charge in [-0.3, -0.25) is 9.27 Å². The highest BCUT2D eigenvalue weighted by molar-refractivity contribution is 7.80. The fourth-order valence-electron chi connectivity index (χ4n) is 0.887. The van der Waals surface area contributed by atoms with Crippen LogP contribution in [0.5, 0.6) is 5.75 Å². The maximum absolute atomic E-state index is 10.3. The highest BCUT2D eigenvalue weighted by Gasteiger charge is 1.95. The maximum Gasteiger partial charge on any atom is 0.259 e. The SMILES string of the molecule is CCOc1ccc(NS(=O)O)cc1. The Balaban J connectivity index is 2.64. The molecule has 0 aliphatic rings. The Morgan fingerprint density at radius 1 is 1.46 bits per heavy atom. The van der Waals surface area contributed by atoms with E-state index in [4.69, 9.17) is 9.29 Å². The summed E-state index contributed by atoms with van der Waals surface area (Å²) < 4.78 is 26.4. The lowest BCUT2D eigenvalue weighted by molar-refractivity contribution is 0.340. The molecule has 0 aliphatic heterocycles. The van der Waals surface area contributed by atoms with Crippen molar-refractivity contribution in [3.05, 3.63) is 24.3 Å². The first kappa shape index (κ1) is 10.0. The lowest BCUT2D eigenvalue weighted by Gasteiger charge is -2.04. The Morgan fingerprint density at radius 2 is 2.08 bits per heavy atom. The summed E-state index contributed by atoms with van der Waals surface area (Å²) >= 11 is -2.02. The standard InChI is InChI=1S/C8H11NO3S/c1-2-12-8-5-3-7(4-6-8)9-13(10)11/h3-6,9H,2H2,1H3,(H,10,11). The van der Waals surface area contributed by atoms with Crippen LogP contribution in [0.3, 0.4) is 0 Å². The van der Waals surface area contributed by atoms with Crippen molar-refractivity contribution in [1.82, 2.24) is 0 Å². The van der Waals surface area contributed by atoms with Gasteiger partial charge in [-0.1, -0.05) is 0 Å². The molecule has 1 atom stereocenters. The molecule has 13 heavy (non-hydrogen) atoms. The van der Waals surface area contributed by atoms with Crippen LogP contribution in [0, 0.1) is 0 Å². The number of rotatable bonds is 4. The van der Waals surface area contributed by atoms with Crippen LogP contribution in [0.15, 0.2) is 24.3 Å². The zero-order valence-electron chi connectivity index (χ0n) is 7.19. The molecule has 2 N–H and O–H groups in total. The second-order valence-electron chi connectivity index (χ2n) is 2.31. The van der Waals surface area contributed by atoms with Gasteiger partial charge in [0.15, 0.2) is 0 Å². The second kappa shape index (κ2) is 4.84. The van der Waals surface area contributed by atoms with Crippen molar-refractivity contribution < 1.29 is 13.5 Å². The van der Waals surface area contributed by atoms with Gasteiger partial charge in [0.25, 0.3) is 11.3 Å². The minimum atomic E-state index is -2.02. The van der Waals surface area contributed by atoms with Crippen molar-refractivity contribution in [1.29, 1.82) is 0 Å². The molecule has 5 heteroatoms. The molecule has 0 saturated carbocycles. The lowest BCUT2D eigenvalue weighted by Crippen LogP contribution is -2.01. The van der Waals surface area contributed by atoms with Gasteiger partial charge in [-0.15, -0.1) is 0 Å². The predicted molar refractivity (Wildman–Crippen MR) is 52.0 cm³/mol. The number of nitrogens with one attached hydrogen (secondary N) is 1. The van der Waals surface area contributed by atoms with Crippen molar-refractivity contribution in [2.75, 3.05) is 11.3 Å². The molecule has 0 saturated heterocycles. The van der Waals surface area contributed by atoms with Crippen molar-refractivity contribution in [3.63, 3.8) is 0 Å². The van der Waals surface area contributed by atoms with Gasteiger partial charge in [0.1, 0.15) is 5.75 Å². The van der Waals surface area contributed by atoms with E-state index >= 15 is 0 Å². The number of hydrogen-bond acceptors (Lipinski definition) is 2. The summed E-state index contributed by atoms with van der Waals surface area (Å²) in [7, 11) is 0. The number of benzene rings is 1. The Morgan fingerprint density at radius 3 is 2.54 bits per heavy atom. The Hall–Kier alpha value is -1.07. The molecule has 1 aromatic carbocycles. The molecule has 0 bridgehead atoms. The Labute approximate surface area is 79.3 Å². The summed E-state index contributed by atoms with van der Waals surface area (Å²) in [6.07, 6.45) is 0. The summed E-state index contributed by atoms with van der Waals surface area (Å²) in [6.45, 7) is 2.51. The van der Waals surface area contributed by atoms with E-state index in [1.807, 2.05) is 6.92 Å². The monoisotopic (exact) mass is 201 g/mol. The lowest BCUT2D eigenvalue weighted by atomic mass is 10.3. The van der Waals surface area contributed by atoms with Gasteiger partial charge in [-0.05, 0) is 31.2 Å². The number of anilines is 1. The third-order valence-electron chi connectivity index (χ3n) is 1.37. The van der Waals surface area contributed by atoms with Crippen LogP contribution in [0.25, 0.3) is 0 Å². The first-order valence-electron chi connectivity index (χ1n) is 3.82. The highest BCUT2D eigenvalue weighted by Crippen LogP contribution is 2.15. The van der Waals surface area contributed by atoms with Gasteiger partial charge >= 0.3 is 0 Å². The minimum Gasteiger partial charge on any atom is -0.494 e. The molecule has 1 unspecified atom stereocenters. The van der Waals surface area contributed by atoms with E-state index in [1.54, 1.807) is 24.3 Å². The van der Waals surface area contributed by atoms with Crippen molar-refractivity contribution in [2.45, 2.75) is 6.92 Å². The minimum absolute atomic E-state index is 0.587. The molecule has 0 radical (unpaired) electrons. The molecule has 72 valence electrons. The number of ether oxygens (including phenoxy) is 1. The van der Waals surface area contributed by atoms with E-state index in [1.165, 1.54) is 0 Å². The molecule has 0 aliphatic carbocycles. The van der Waals surface area contributed by atoms with Crippen LogP contribution in [-0.2, 0) is 11.3 Å². The molecule has 0 heterocycles. The fraction of sp³-hybridized carbons (Fsp3) is 0.250. The van der Waals surface area contributed by atoms with Crippen LogP contribution in [0.4, 0.5) is 5.69 Å². The molecule has 1 rings (SSSR count). The molecule has 0 amide bonds. The molecule has 0 aromatic heterocycles. The normalized spacial score (nSPS) is 12.2. The maximum atomic E-state index is 10.3. The van der Waals surface area contributed by atoms with Crippen LogP contribution in [-0.4, -0.2) is 15.4 Å². The Kier molecular flexibility index (Phi) is 3.72. The molecule has 4 nitrogen and oxygen atoms in total. The van der Waals surface area contributed by atoms with E-state index in [0.29, 0.717) is 12.3 Å². The van der Waals surface area contributed by atoms with Crippen LogP contribution in [0.1, 0.15) is 6.92 Å². The quantitative estimate of drug-likeness (QED) is 0.728. The van der Waals surface area contributed by atoms with E-state index in [9.17, 15) is 4.21 Å². The fourth-order valence-corrected chi connectivity index (χ4v) is 1.22. The smallest absolute Gasteiger partial charge is 0.259 e. The van der Waals surface area contributed by atoms with Crippen LogP contribution < -0.4 is 9.46 Å². The third-order valence-corrected chi connectivity index (χ3v) is 1.78. The van der Waals surface area contributed by atoms with Crippen molar-refractivity contribution in [3.8, 4) is 5.75 Å². The molecular formula is C8H11NO3S. The van der Waals surface area contributed by atoms with E-state index in [2.05, 4.69) is 4.72 Å². The summed E-state index contributed by atoms with van der Waals surface area (Å²) in [6, 6.07) is 6.83. The average molecular weight is 201 g/mol. The first-order chi connectivity index (χ1) is 6.22. The summed E-state index contributed by atoms with van der Waals surface area (Å²) in [4.78, 5) is 0. The van der Waals surface area contributed by atoms with Crippen molar-refractivity contribution in [2.24, 2.45) is 0 Å².